The first-order valence-electron chi connectivity index (χ1n) is 14.2. The normalized spacial score (nSPS) is 13.8. The first kappa shape index (κ1) is 28.8. The third kappa shape index (κ3) is 5.44. The quantitative estimate of drug-likeness (QED) is 0.198. The molecule has 3 aromatic heterocycles. The van der Waals surface area contributed by atoms with Gasteiger partial charge in [0.25, 0.3) is 5.56 Å². The van der Waals surface area contributed by atoms with Crippen molar-refractivity contribution in [1.29, 1.82) is 0 Å². The molecule has 9 nitrogen and oxygen atoms in total. The predicted octanol–water partition coefficient (Wildman–Crippen LogP) is 6.17. The summed E-state index contributed by atoms with van der Waals surface area (Å²) < 4.78 is 18.4. The van der Waals surface area contributed by atoms with Crippen LogP contribution >= 0.6 is 0 Å². The van der Waals surface area contributed by atoms with Gasteiger partial charge in [-0.3, -0.25) is 28.9 Å². The van der Waals surface area contributed by atoms with Crippen molar-refractivity contribution in [3.05, 3.63) is 112 Å². The lowest BCUT2D eigenvalue weighted by atomic mass is 9.75. The van der Waals surface area contributed by atoms with E-state index in [4.69, 9.17) is 14.2 Å². The Morgan fingerprint density at radius 1 is 0.886 bits per heavy atom. The summed E-state index contributed by atoms with van der Waals surface area (Å²) in [4.78, 5) is 49.4. The van der Waals surface area contributed by atoms with Gasteiger partial charge in [-0.2, -0.15) is 0 Å². The van der Waals surface area contributed by atoms with E-state index in [2.05, 4.69) is 9.97 Å². The van der Waals surface area contributed by atoms with Gasteiger partial charge in [0.2, 0.25) is 0 Å². The number of carbonyl (C=O) groups is 2. The summed E-state index contributed by atoms with van der Waals surface area (Å²) in [5.41, 5.74) is 2.04. The van der Waals surface area contributed by atoms with Gasteiger partial charge in [-0.15, -0.1) is 0 Å². The Labute approximate surface area is 254 Å². The highest BCUT2D eigenvalue weighted by molar-refractivity contribution is 6.03. The molecular weight excluding hydrogens is 558 g/mol. The Balaban J connectivity index is 1.29. The van der Waals surface area contributed by atoms with E-state index in [-0.39, 0.29) is 23.2 Å². The zero-order valence-electron chi connectivity index (χ0n) is 24.9. The van der Waals surface area contributed by atoms with Crippen LogP contribution in [0.25, 0.3) is 16.6 Å². The van der Waals surface area contributed by atoms with Crippen LogP contribution < -0.4 is 19.8 Å². The Bertz CT molecular complexity index is 1960. The highest BCUT2D eigenvalue weighted by atomic mass is 16.5. The van der Waals surface area contributed by atoms with Crippen LogP contribution in [0.15, 0.2) is 83.9 Å². The lowest BCUT2D eigenvalue weighted by Crippen LogP contribution is -2.36. The molecule has 0 spiro atoms. The van der Waals surface area contributed by atoms with E-state index < -0.39 is 11.3 Å². The first-order chi connectivity index (χ1) is 21.2. The van der Waals surface area contributed by atoms with Crippen molar-refractivity contribution in [3.8, 4) is 28.7 Å². The smallest absolute Gasteiger partial charge is 0.266 e. The molecule has 0 saturated heterocycles. The minimum atomic E-state index is -0.443. The minimum Gasteiger partial charge on any atom is -0.493 e. The van der Waals surface area contributed by atoms with Crippen LogP contribution in [-0.4, -0.2) is 40.3 Å². The van der Waals surface area contributed by atoms with E-state index in [0.29, 0.717) is 64.0 Å². The number of methoxy groups -OCH3 is 2. The maximum Gasteiger partial charge on any atom is 0.266 e. The maximum atomic E-state index is 13.8. The Morgan fingerprint density at radius 3 is 2.34 bits per heavy atom. The van der Waals surface area contributed by atoms with E-state index >= 15 is 0 Å². The fourth-order valence-corrected chi connectivity index (χ4v) is 5.66. The van der Waals surface area contributed by atoms with Gasteiger partial charge in [0.05, 0.1) is 37.9 Å². The average molecular weight is 590 g/mol. The molecular formula is C35H31N3O6. The molecule has 222 valence electrons. The lowest BCUT2D eigenvalue weighted by molar-refractivity contribution is 0.0908. The number of pyridine rings is 3. The third-order valence-electron chi connectivity index (χ3n) is 7.78. The summed E-state index contributed by atoms with van der Waals surface area (Å²) in [5.74, 6) is 1.62. The second-order valence-electron chi connectivity index (χ2n) is 11.6. The Morgan fingerprint density at radius 2 is 1.64 bits per heavy atom. The Hall–Kier alpha value is -5.31. The number of nitrogens with zero attached hydrogens (tertiary/aromatic N) is 3. The largest absolute Gasteiger partial charge is 0.493 e. The second kappa shape index (κ2) is 11.4. The summed E-state index contributed by atoms with van der Waals surface area (Å²) in [6, 6.07) is 19.3. The monoisotopic (exact) mass is 589 g/mol. The number of ether oxygens (including phenoxy) is 3. The number of rotatable bonds is 8. The van der Waals surface area contributed by atoms with Gasteiger partial charge in [-0.1, -0.05) is 32.0 Å². The van der Waals surface area contributed by atoms with Gasteiger partial charge in [0, 0.05) is 46.7 Å². The van der Waals surface area contributed by atoms with Gasteiger partial charge >= 0.3 is 0 Å². The molecule has 9 heteroatoms. The van der Waals surface area contributed by atoms with Crippen molar-refractivity contribution in [1.82, 2.24) is 14.5 Å². The van der Waals surface area contributed by atoms with Crippen LogP contribution in [0, 0.1) is 5.41 Å². The first-order valence-corrected chi connectivity index (χ1v) is 14.2. The van der Waals surface area contributed by atoms with Crippen LogP contribution in [0.2, 0.25) is 0 Å². The van der Waals surface area contributed by atoms with E-state index in [9.17, 15) is 14.4 Å². The Kier molecular flexibility index (Phi) is 7.47. The number of carbonyl (C=O) groups excluding carboxylic acids is 2. The zero-order chi connectivity index (χ0) is 31.0. The number of fused-ring (bicyclic) bond motifs is 2. The summed E-state index contributed by atoms with van der Waals surface area (Å²) in [7, 11) is 3.12. The molecule has 44 heavy (non-hydrogen) atoms. The molecule has 0 atom stereocenters. The summed E-state index contributed by atoms with van der Waals surface area (Å²) in [5, 5.41) is 0.726. The van der Waals surface area contributed by atoms with Crippen LogP contribution in [0.4, 0.5) is 0 Å². The van der Waals surface area contributed by atoms with Crippen molar-refractivity contribution in [2.24, 2.45) is 5.41 Å². The molecule has 5 aromatic rings. The van der Waals surface area contributed by atoms with Crippen LogP contribution in [-0.2, 0) is 12.8 Å². The minimum absolute atomic E-state index is 0.0320. The van der Waals surface area contributed by atoms with E-state index in [1.54, 1.807) is 62.9 Å². The second-order valence-corrected chi connectivity index (χ2v) is 11.6. The molecule has 0 amide bonds. The molecule has 0 aliphatic heterocycles. The van der Waals surface area contributed by atoms with Crippen molar-refractivity contribution < 1.29 is 23.8 Å². The molecule has 0 radical (unpaired) electrons. The lowest BCUT2D eigenvalue weighted by Gasteiger charge is -2.32. The number of hydrogen-bond acceptors (Lipinski definition) is 8. The van der Waals surface area contributed by atoms with Crippen LogP contribution in [0.5, 0.6) is 23.0 Å². The maximum absolute atomic E-state index is 13.8. The third-order valence-corrected chi connectivity index (χ3v) is 7.78. The topological polar surface area (TPSA) is 110 Å². The fraction of sp³-hybridized carbons (Fsp3) is 0.229. The van der Waals surface area contributed by atoms with E-state index in [0.717, 1.165) is 5.39 Å². The predicted molar refractivity (Wildman–Crippen MR) is 166 cm³/mol. The molecule has 0 unspecified atom stereocenters. The standard InChI is InChI=1S/C35H31N3O6/c1-35(2)18-28-25(30(40)19-35)15-26(34(41)38(28)22-8-6-5-7-9-22)29(39)14-21-10-11-23(20-37-21)44-31-12-13-36-27-17-33(43-4)32(42-3)16-24(27)31/h5-13,15-17,20H,14,18-19H2,1-4H3. The number of ketones is 2. The van der Waals surface area contributed by atoms with Gasteiger partial charge in [0.15, 0.2) is 23.1 Å². The number of hydrogen-bond donors (Lipinski definition) is 0. The van der Waals surface area contributed by atoms with E-state index in [1.807, 2.05) is 32.0 Å². The zero-order valence-corrected chi connectivity index (χ0v) is 24.9. The molecule has 1 aliphatic carbocycles. The fourth-order valence-electron chi connectivity index (χ4n) is 5.66. The number of aromatic nitrogens is 3. The van der Waals surface area contributed by atoms with E-state index in [1.165, 1.54) is 16.8 Å². The van der Waals surface area contributed by atoms with Gasteiger partial charge in [-0.05, 0) is 54.3 Å². The van der Waals surface area contributed by atoms with Crippen molar-refractivity contribution >= 4 is 22.5 Å². The van der Waals surface area contributed by atoms with Crippen molar-refractivity contribution in [3.63, 3.8) is 0 Å². The highest BCUT2D eigenvalue weighted by Crippen LogP contribution is 2.37. The molecule has 0 fully saturated rings. The number of para-hydroxylation sites is 1. The SMILES string of the molecule is COc1cc2nccc(Oc3ccc(CC(=O)c4cc5c(n(-c6ccccc6)c4=O)CC(C)(C)CC5=O)nc3)c2cc1OC. The summed E-state index contributed by atoms with van der Waals surface area (Å²) in [6.45, 7) is 4.02. The summed E-state index contributed by atoms with van der Waals surface area (Å²) in [6.07, 6.45) is 3.93. The number of Topliss-reactive ketones (excluding diaryl/α,β-unsaturated/α-hetero) is 2. The van der Waals surface area contributed by atoms with Crippen molar-refractivity contribution in [2.75, 3.05) is 14.2 Å². The molecule has 0 bridgehead atoms. The van der Waals surface area contributed by atoms with Crippen molar-refractivity contribution in [2.45, 2.75) is 33.1 Å². The molecule has 6 rings (SSSR count). The average Bonchev–Trinajstić information content (AvgIpc) is 3.01. The molecule has 0 saturated carbocycles. The van der Waals surface area contributed by atoms with Gasteiger partial charge in [0.1, 0.15) is 11.5 Å². The van der Waals surface area contributed by atoms with Crippen LogP contribution in [0.3, 0.4) is 0 Å². The molecule has 3 heterocycles. The molecule has 1 aliphatic rings. The highest BCUT2D eigenvalue weighted by Gasteiger charge is 2.35. The van der Waals surface area contributed by atoms with Gasteiger partial charge in [-0.25, -0.2) is 0 Å². The number of benzene rings is 2. The van der Waals surface area contributed by atoms with Gasteiger partial charge < -0.3 is 14.2 Å². The molecule has 0 N–H and O–H groups in total. The van der Waals surface area contributed by atoms with Crippen LogP contribution in [0.1, 0.15) is 52.4 Å². The summed E-state index contributed by atoms with van der Waals surface area (Å²) >= 11 is 0. The molecule has 2 aromatic carbocycles.